The third-order valence-electron chi connectivity index (χ3n) is 4.08. The highest BCUT2D eigenvalue weighted by Gasteiger charge is 2.26. The van der Waals surface area contributed by atoms with Crippen molar-refractivity contribution in [3.8, 4) is 5.75 Å². The Bertz CT molecular complexity index is 394. The lowest BCUT2D eigenvalue weighted by Crippen LogP contribution is -2.31. The van der Waals surface area contributed by atoms with E-state index in [-0.39, 0.29) is 0 Å². The predicted molar refractivity (Wildman–Crippen MR) is 77.6 cm³/mol. The molecule has 0 aromatic heterocycles. The van der Waals surface area contributed by atoms with E-state index < -0.39 is 0 Å². The van der Waals surface area contributed by atoms with Gasteiger partial charge in [-0.15, -0.1) is 0 Å². The number of benzene rings is 1. The van der Waals surface area contributed by atoms with Crippen molar-refractivity contribution in [3.05, 3.63) is 29.8 Å². The minimum atomic E-state index is 0.358. The summed E-state index contributed by atoms with van der Waals surface area (Å²) in [6.07, 6.45) is 4.96. The Morgan fingerprint density at radius 2 is 2.05 bits per heavy atom. The Morgan fingerprint density at radius 3 is 2.68 bits per heavy atom. The molecule has 19 heavy (non-hydrogen) atoms. The zero-order valence-corrected chi connectivity index (χ0v) is 12.2. The molecule has 0 amide bonds. The second-order valence-corrected chi connectivity index (χ2v) is 5.24. The normalized spacial score (nSPS) is 24.4. The van der Waals surface area contributed by atoms with Crippen LogP contribution < -0.4 is 10.1 Å². The van der Waals surface area contributed by atoms with Crippen LogP contribution >= 0.6 is 0 Å². The van der Waals surface area contributed by atoms with Gasteiger partial charge in [0.2, 0.25) is 0 Å². The van der Waals surface area contributed by atoms with Crippen molar-refractivity contribution in [2.45, 2.75) is 50.8 Å². The molecule has 2 rings (SSSR count). The largest absolute Gasteiger partial charge is 0.496 e. The van der Waals surface area contributed by atoms with Crippen molar-refractivity contribution in [3.63, 3.8) is 0 Å². The van der Waals surface area contributed by atoms with Crippen LogP contribution in [-0.4, -0.2) is 26.4 Å². The van der Waals surface area contributed by atoms with Gasteiger partial charge in [0, 0.05) is 24.8 Å². The fourth-order valence-electron chi connectivity index (χ4n) is 2.97. The van der Waals surface area contributed by atoms with Crippen LogP contribution in [0.25, 0.3) is 0 Å². The van der Waals surface area contributed by atoms with E-state index in [0.717, 1.165) is 25.0 Å². The molecule has 1 aromatic rings. The van der Waals surface area contributed by atoms with E-state index in [1.54, 1.807) is 7.11 Å². The zero-order valence-electron chi connectivity index (χ0n) is 12.2. The Labute approximate surface area is 116 Å². The molecule has 3 unspecified atom stereocenters. The summed E-state index contributed by atoms with van der Waals surface area (Å²) in [5, 5.41) is 3.76. The maximum atomic E-state index is 5.47. The molecule has 3 nitrogen and oxygen atoms in total. The highest BCUT2D eigenvalue weighted by molar-refractivity contribution is 5.35. The van der Waals surface area contributed by atoms with Crippen molar-refractivity contribution < 1.29 is 9.47 Å². The molecule has 1 fully saturated rings. The average Bonchev–Trinajstić information content (AvgIpc) is 2.92. The van der Waals surface area contributed by atoms with Crippen LogP contribution in [0.1, 0.15) is 44.2 Å². The fourth-order valence-corrected chi connectivity index (χ4v) is 2.97. The number of methoxy groups -OCH3 is 2. The van der Waals surface area contributed by atoms with Crippen LogP contribution in [0.3, 0.4) is 0 Å². The van der Waals surface area contributed by atoms with Crippen LogP contribution in [0, 0.1) is 0 Å². The van der Waals surface area contributed by atoms with Gasteiger partial charge in [-0.1, -0.05) is 25.1 Å². The minimum Gasteiger partial charge on any atom is -0.496 e. The first-order valence-corrected chi connectivity index (χ1v) is 7.20. The van der Waals surface area contributed by atoms with Crippen molar-refractivity contribution in [2.75, 3.05) is 14.2 Å². The second kappa shape index (κ2) is 6.92. The summed E-state index contributed by atoms with van der Waals surface area (Å²) in [6.45, 7) is 2.22. The molecule has 0 spiro atoms. The summed E-state index contributed by atoms with van der Waals surface area (Å²) in [5.41, 5.74) is 1.26. The lowest BCUT2D eigenvalue weighted by Gasteiger charge is -2.24. The van der Waals surface area contributed by atoms with Gasteiger partial charge < -0.3 is 14.8 Å². The minimum absolute atomic E-state index is 0.358. The first-order chi connectivity index (χ1) is 9.28. The number of para-hydroxylation sites is 1. The van der Waals surface area contributed by atoms with E-state index in [2.05, 4.69) is 24.4 Å². The van der Waals surface area contributed by atoms with E-state index >= 15 is 0 Å². The summed E-state index contributed by atoms with van der Waals surface area (Å²) in [7, 11) is 3.55. The first kappa shape index (κ1) is 14.4. The third-order valence-corrected chi connectivity index (χ3v) is 4.08. The maximum absolute atomic E-state index is 5.47. The molecule has 3 heteroatoms. The SMILES string of the molecule is CCC(NC1CCC(OC)C1)c1ccccc1OC. The van der Waals surface area contributed by atoms with Gasteiger partial charge in [0.05, 0.1) is 13.2 Å². The molecule has 0 bridgehead atoms. The highest BCUT2D eigenvalue weighted by Crippen LogP contribution is 2.30. The molecule has 1 aliphatic rings. The van der Waals surface area contributed by atoms with E-state index in [4.69, 9.17) is 9.47 Å². The fraction of sp³-hybridized carbons (Fsp3) is 0.625. The van der Waals surface area contributed by atoms with Gasteiger partial charge in [-0.25, -0.2) is 0 Å². The molecule has 1 saturated carbocycles. The molecule has 106 valence electrons. The Kier molecular flexibility index (Phi) is 5.23. The number of ether oxygens (including phenoxy) is 2. The van der Waals surface area contributed by atoms with Gasteiger partial charge in [0.15, 0.2) is 0 Å². The van der Waals surface area contributed by atoms with Crippen LogP contribution in [-0.2, 0) is 4.74 Å². The molecule has 0 radical (unpaired) electrons. The Morgan fingerprint density at radius 1 is 1.26 bits per heavy atom. The summed E-state index contributed by atoms with van der Waals surface area (Å²) < 4.78 is 10.9. The standard InChI is InChI=1S/C16H25NO2/c1-4-15(14-7-5-6-8-16(14)19-3)17-12-9-10-13(11-12)18-2/h5-8,12-13,15,17H,4,9-11H2,1-3H3. The summed E-state index contributed by atoms with van der Waals surface area (Å²) >= 11 is 0. The number of nitrogens with one attached hydrogen (secondary N) is 1. The van der Waals surface area contributed by atoms with E-state index in [9.17, 15) is 0 Å². The molecular weight excluding hydrogens is 238 g/mol. The molecule has 3 atom stereocenters. The zero-order chi connectivity index (χ0) is 13.7. The molecule has 1 aromatic carbocycles. The lowest BCUT2D eigenvalue weighted by atomic mass is 10.0. The molecule has 1 aliphatic carbocycles. The molecule has 1 N–H and O–H groups in total. The second-order valence-electron chi connectivity index (χ2n) is 5.24. The molecule has 0 saturated heterocycles. The Balaban J connectivity index is 2.04. The lowest BCUT2D eigenvalue weighted by molar-refractivity contribution is 0.106. The maximum Gasteiger partial charge on any atom is 0.123 e. The molecule has 0 aliphatic heterocycles. The van der Waals surface area contributed by atoms with Gasteiger partial charge in [-0.2, -0.15) is 0 Å². The predicted octanol–water partition coefficient (Wildman–Crippen LogP) is 3.30. The van der Waals surface area contributed by atoms with Gasteiger partial charge in [-0.3, -0.25) is 0 Å². The Hall–Kier alpha value is -1.06. The van der Waals surface area contributed by atoms with Gasteiger partial charge >= 0.3 is 0 Å². The summed E-state index contributed by atoms with van der Waals surface area (Å²) in [4.78, 5) is 0. The van der Waals surface area contributed by atoms with Gasteiger partial charge in [-0.05, 0) is 31.7 Å². The smallest absolute Gasteiger partial charge is 0.123 e. The van der Waals surface area contributed by atoms with Gasteiger partial charge in [0.1, 0.15) is 5.75 Å². The summed E-state index contributed by atoms with van der Waals surface area (Å²) in [5.74, 6) is 0.975. The average molecular weight is 263 g/mol. The molecule has 0 heterocycles. The van der Waals surface area contributed by atoms with Crippen molar-refractivity contribution >= 4 is 0 Å². The van der Waals surface area contributed by atoms with Crippen LogP contribution in [0.5, 0.6) is 5.75 Å². The van der Waals surface area contributed by atoms with E-state index in [0.29, 0.717) is 18.2 Å². The topological polar surface area (TPSA) is 30.5 Å². The van der Waals surface area contributed by atoms with Crippen molar-refractivity contribution in [2.24, 2.45) is 0 Å². The molecular formula is C16H25NO2. The van der Waals surface area contributed by atoms with Crippen LogP contribution in [0.4, 0.5) is 0 Å². The summed E-state index contributed by atoms with van der Waals surface area (Å²) in [6, 6.07) is 9.20. The van der Waals surface area contributed by atoms with Crippen molar-refractivity contribution in [1.82, 2.24) is 5.32 Å². The third kappa shape index (κ3) is 3.48. The van der Waals surface area contributed by atoms with Crippen LogP contribution in [0.15, 0.2) is 24.3 Å². The van der Waals surface area contributed by atoms with E-state index in [1.165, 1.54) is 12.0 Å². The van der Waals surface area contributed by atoms with Crippen LogP contribution in [0.2, 0.25) is 0 Å². The van der Waals surface area contributed by atoms with E-state index in [1.807, 2.05) is 19.2 Å². The quantitative estimate of drug-likeness (QED) is 0.854. The first-order valence-electron chi connectivity index (χ1n) is 7.20. The monoisotopic (exact) mass is 263 g/mol. The highest BCUT2D eigenvalue weighted by atomic mass is 16.5. The number of hydrogen-bond donors (Lipinski definition) is 1. The van der Waals surface area contributed by atoms with Gasteiger partial charge in [0.25, 0.3) is 0 Å². The van der Waals surface area contributed by atoms with Crippen molar-refractivity contribution in [1.29, 1.82) is 0 Å². The number of hydrogen-bond acceptors (Lipinski definition) is 3. The number of rotatable bonds is 6.